The van der Waals surface area contributed by atoms with Crippen LogP contribution in [0.15, 0.2) is 30.5 Å². The summed E-state index contributed by atoms with van der Waals surface area (Å²) in [6, 6.07) is 8.26. The van der Waals surface area contributed by atoms with Crippen LogP contribution in [0.2, 0.25) is 0 Å². The number of benzene rings is 1. The van der Waals surface area contributed by atoms with E-state index < -0.39 is 5.60 Å². The third-order valence-electron chi connectivity index (χ3n) is 4.20. The number of rotatable bonds is 3. The molecule has 0 bridgehead atoms. The number of ether oxygens (including phenoxy) is 1. The second-order valence-electron chi connectivity index (χ2n) is 7.24. The summed E-state index contributed by atoms with van der Waals surface area (Å²) in [7, 11) is 0. The number of hydrogen-bond acceptors (Lipinski definition) is 4. The summed E-state index contributed by atoms with van der Waals surface area (Å²) in [6.07, 6.45) is 1.70. The van der Waals surface area contributed by atoms with E-state index in [9.17, 15) is 4.79 Å². The molecular formula is C18H26N4O2. The topological polar surface area (TPSA) is 50.6 Å². The molecule has 3 rings (SSSR count). The molecule has 6 nitrogen and oxygen atoms in total. The predicted octanol–water partition coefficient (Wildman–Crippen LogP) is 2.59. The van der Waals surface area contributed by atoms with E-state index >= 15 is 0 Å². The number of piperazine rings is 1. The van der Waals surface area contributed by atoms with Gasteiger partial charge < -0.3 is 9.64 Å². The van der Waals surface area contributed by atoms with Crippen molar-refractivity contribution in [2.45, 2.75) is 32.9 Å². The van der Waals surface area contributed by atoms with Crippen LogP contribution < -0.4 is 0 Å². The van der Waals surface area contributed by atoms with E-state index in [1.807, 2.05) is 39.1 Å². The minimum Gasteiger partial charge on any atom is -0.444 e. The molecule has 1 saturated heterocycles. The predicted molar refractivity (Wildman–Crippen MR) is 94.0 cm³/mol. The van der Waals surface area contributed by atoms with Crippen LogP contribution in [-0.2, 0) is 11.3 Å². The van der Waals surface area contributed by atoms with Crippen molar-refractivity contribution in [1.29, 1.82) is 0 Å². The first kappa shape index (κ1) is 16.8. The second kappa shape index (κ2) is 6.81. The summed E-state index contributed by atoms with van der Waals surface area (Å²) in [4.78, 5) is 16.3. The fourth-order valence-corrected chi connectivity index (χ4v) is 2.92. The van der Waals surface area contributed by atoms with Crippen molar-refractivity contribution in [3.63, 3.8) is 0 Å². The summed E-state index contributed by atoms with van der Waals surface area (Å²) in [5.41, 5.74) is 0.736. The molecule has 0 atom stereocenters. The highest BCUT2D eigenvalue weighted by Gasteiger charge is 2.25. The van der Waals surface area contributed by atoms with Gasteiger partial charge in [-0.2, -0.15) is 5.10 Å². The van der Waals surface area contributed by atoms with Crippen molar-refractivity contribution in [3.05, 3.63) is 30.5 Å². The number of para-hydroxylation sites is 1. The number of amides is 1. The summed E-state index contributed by atoms with van der Waals surface area (Å²) < 4.78 is 7.49. The summed E-state index contributed by atoms with van der Waals surface area (Å²) >= 11 is 0. The zero-order valence-corrected chi connectivity index (χ0v) is 14.7. The highest BCUT2D eigenvalue weighted by Crippen LogP contribution is 2.14. The molecule has 6 heteroatoms. The van der Waals surface area contributed by atoms with Gasteiger partial charge >= 0.3 is 6.09 Å². The number of aromatic nitrogens is 2. The molecule has 24 heavy (non-hydrogen) atoms. The monoisotopic (exact) mass is 330 g/mol. The number of hydrogen-bond donors (Lipinski definition) is 0. The number of carbonyl (C=O) groups is 1. The van der Waals surface area contributed by atoms with Gasteiger partial charge in [-0.1, -0.05) is 18.2 Å². The van der Waals surface area contributed by atoms with Crippen LogP contribution in [0.3, 0.4) is 0 Å². The average molecular weight is 330 g/mol. The van der Waals surface area contributed by atoms with Gasteiger partial charge in [0.25, 0.3) is 0 Å². The lowest BCUT2D eigenvalue weighted by atomic mass is 10.2. The zero-order valence-electron chi connectivity index (χ0n) is 14.7. The maximum absolute atomic E-state index is 12.1. The van der Waals surface area contributed by atoms with Crippen molar-refractivity contribution in [2.24, 2.45) is 0 Å². The Morgan fingerprint density at radius 3 is 2.54 bits per heavy atom. The second-order valence-corrected chi connectivity index (χ2v) is 7.24. The highest BCUT2D eigenvalue weighted by molar-refractivity contribution is 5.78. The molecule has 1 aliphatic rings. The lowest BCUT2D eigenvalue weighted by Crippen LogP contribution is -2.50. The fraction of sp³-hybridized carbons (Fsp3) is 0.556. The molecule has 1 aromatic carbocycles. The van der Waals surface area contributed by atoms with Crippen LogP contribution in [0.4, 0.5) is 4.79 Å². The van der Waals surface area contributed by atoms with E-state index in [0.29, 0.717) is 0 Å². The number of fused-ring (bicyclic) bond motifs is 1. The van der Waals surface area contributed by atoms with Crippen LogP contribution in [0.1, 0.15) is 20.8 Å². The van der Waals surface area contributed by atoms with E-state index in [1.54, 1.807) is 4.90 Å². The molecule has 1 aromatic heterocycles. The smallest absolute Gasteiger partial charge is 0.410 e. The summed E-state index contributed by atoms with van der Waals surface area (Å²) in [5.74, 6) is 0. The minimum atomic E-state index is -0.435. The van der Waals surface area contributed by atoms with Gasteiger partial charge in [0, 0.05) is 38.1 Å². The Balaban J connectivity index is 1.48. The molecule has 0 spiro atoms. The van der Waals surface area contributed by atoms with Gasteiger partial charge in [-0.3, -0.25) is 9.58 Å². The first-order valence-corrected chi connectivity index (χ1v) is 8.53. The van der Waals surface area contributed by atoms with Crippen LogP contribution in [-0.4, -0.2) is 64.0 Å². The van der Waals surface area contributed by atoms with Gasteiger partial charge in [-0.25, -0.2) is 4.79 Å². The molecule has 1 aliphatic heterocycles. The third kappa shape index (κ3) is 4.06. The van der Waals surface area contributed by atoms with Crippen LogP contribution >= 0.6 is 0 Å². The number of carbonyl (C=O) groups excluding carboxylic acids is 1. The van der Waals surface area contributed by atoms with Gasteiger partial charge in [0.05, 0.1) is 18.3 Å². The van der Waals surface area contributed by atoms with Gasteiger partial charge in [0.2, 0.25) is 0 Å². The SMILES string of the molecule is CC(C)(C)OC(=O)N1CCN(CCn2ncc3ccccc32)CC1. The van der Waals surface area contributed by atoms with Gasteiger partial charge in [-0.05, 0) is 26.8 Å². The fourth-order valence-electron chi connectivity index (χ4n) is 2.92. The van der Waals surface area contributed by atoms with E-state index in [-0.39, 0.29) is 6.09 Å². The summed E-state index contributed by atoms with van der Waals surface area (Å²) in [5, 5.41) is 5.64. The van der Waals surface area contributed by atoms with Crippen LogP contribution in [0.25, 0.3) is 10.9 Å². The highest BCUT2D eigenvalue weighted by atomic mass is 16.6. The van der Waals surface area contributed by atoms with Crippen molar-refractivity contribution in [3.8, 4) is 0 Å². The molecule has 2 heterocycles. The Hall–Kier alpha value is -2.08. The normalized spacial score (nSPS) is 16.5. The summed E-state index contributed by atoms with van der Waals surface area (Å²) in [6.45, 7) is 10.7. The molecule has 130 valence electrons. The molecule has 0 radical (unpaired) electrons. The molecule has 1 amide bonds. The quantitative estimate of drug-likeness (QED) is 0.868. The standard InChI is InChI=1S/C18H26N4O2/c1-18(2,3)24-17(23)21-11-8-20(9-12-21)10-13-22-16-7-5-4-6-15(16)14-19-22/h4-7,14H,8-13H2,1-3H3. The van der Waals surface area contributed by atoms with Crippen LogP contribution in [0, 0.1) is 0 Å². The Morgan fingerprint density at radius 2 is 1.83 bits per heavy atom. The van der Waals surface area contributed by atoms with E-state index in [4.69, 9.17) is 4.74 Å². The Labute approximate surface area is 143 Å². The zero-order chi connectivity index (χ0) is 17.2. The van der Waals surface area contributed by atoms with E-state index in [1.165, 1.54) is 10.9 Å². The molecule has 0 saturated carbocycles. The average Bonchev–Trinajstić information content (AvgIpc) is 2.95. The third-order valence-corrected chi connectivity index (χ3v) is 4.20. The van der Waals surface area contributed by atoms with Gasteiger partial charge in [-0.15, -0.1) is 0 Å². The first-order chi connectivity index (χ1) is 11.4. The Kier molecular flexibility index (Phi) is 4.76. The molecule has 2 aromatic rings. The van der Waals surface area contributed by atoms with E-state index in [0.717, 1.165) is 39.3 Å². The molecule has 0 unspecified atom stereocenters. The molecule has 0 aliphatic carbocycles. The van der Waals surface area contributed by atoms with Gasteiger partial charge in [0.1, 0.15) is 5.60 Å². The maximum Gasteiger partial charge on any atom is 0.410 e. The maximum atomic E-state index is 12.1. The first-order valence-electron chi connectivity index (χ1n) is 8.53. The van der Waals surface area contributed by atoms with Crippen LogP contribution in [0.5, 0.6) is 0 Å². The molecule has 1 fully saturated rings. The van der Waals surface area contributed by atoms with Gasteiger partial charge in [0.15, 0.2) is 0 Å². The lowest BCUT2D eigenvalue weighted by Gasteiger charge is -2.35. The van der Waals surface area contributed by atoms with E-state index in [2.05, 4.69) is 26.8 Å². The van der Waals surface area contributed by atoms with Crippen molar-refractivity contribution < 1.29 is 9.53 Å². The van der Waals surface area contributed by atoms with Crippen molar-refractivity contribution in [1.82, 2.24) is 19.6 Å². The Bertz CT molecular complexity index is 696. The molecule has 0 N–H and O–H groups in total. The Morgan fingerprint density at radius 1 is 1.12 bits per heavy atom. The van der Waals surface area contributed by atoms with Crippen molar-refractivity contribution >= 4 is 17.0 Å². The minimum absolute atomic E-state index is 0.208. The number of nitrogens with zero attached hydrogens (tertiary/aromatic N) is 4. The molecular weight excluding hydrogens is 304 g/mol. The lowest BCUT2D eigenvalue weighted by molar-refractivity contribution is 0.0142. The largest absolute Gasteiger partial charge is 0.444 e. The van der Waals surface area contributed by atoms with Crippen molar-refractivity contribution in [2.75, 3.05) is 32.7 Å².